The van der Waals surface area contributed by atoms with Gasteiger partial charge < -0.3 is 10.1 Å². The average molecular weight is 465 g/mol. The summed E-state index contributed by atoms with van der Waals surface area (Å²) >= 11 is 0. The van der Waals surface area contributed by atoms with Crippen LogP contribution in [0.4, 0.5) is 11.4 Å². The quantitative estimate of drug-likeness (QED) is 0.351. The second kappa shape index (κ2) is 8.83. The summed E-state index contributed by atoms with van der Waals surface area (Å²) in [6.45, 7) is 1.18. The highest BCUT2D eigenvalue weighted by Gasteiger charge is 2.36. The molecule has 5 rings (SSSR count). The Hall–Kier alpha value is -4.85. The number of hydrogen-bond acceptors (Lipinski definition) is 6. The van der Waals surface area contributed by atoms with Gasteiger partial charge in [0, 0.05) is 5.39 Å². The van der Waals surface area contributed by atoms with Crippen LogP contribution in [0.25, 0.3) is 10.9 Å². The summed E-state index contributed by atoms with van der Waals surface area (Å²) in [6, 6.07) is 20.4. The molecule has 3 amide bonds. The normalized spacial score (nSPS) is 12.5. The van der Waals surface area contributed by atoms with Crippen LogP contribution >= 0.6 is 0 Å². The van der Waals surface area contributed by atoms with Crippen molar-refractivity contribution >= 4 is 46.0 Å². The molecule has 0 saturated heterocycles. The maximum absolute atomic E-state index is 12.7. The van der Waals surface area contributed by atoms with Crippen LogP contribution in [0, 0.1) is 6.92 Å². The fourth-order valence-electron chi connectivity index (χ4n) is 3.99. The Labute approximate surface area is 200 Å². The number of fused-ring (bicyclic) bond motifs is 2. The predicted molar refractivity (Wildman–Crippen MR) is 129 cm³/mol. The molecule has 2 heterocycles. The molecule has 0 fully saturated rings. The molecule has 0 unspecified atom stereocenters. The monoisotopic (exact) mass is 465 g/mol. The lowest BCUT2D eigenvalue weighted by Crippen LogP contribution is -2.29. The molecular formula is C27H19N3O5. The van der Waals surface area contributed by atoms with Crippen LogP contribution in [-0.4, -0.2) is 35.3 Å². The molecule has 4 aromatic rings. The van der Waals surface area contributed by atoms with Crippen LogP contribution in [0.2, 0.25) is 0 Å². The number of carbonyl (C=O) groups is 4. The molecule has 172 valence electrons. The van der Waals surface area contributed by atoms with Gasteiger partial charge in [-0.05, 0) is 55.0 Å². The number of esters is 1. The average Bonchev–Trinajstić information content (AvgIpc) is 3.12. The largest absolute Gasteiger partial charge is 0.452 e. The van der Waals surface area contributed by atoms with Crippen LogP contribution in [0.5, 0.6) is 0 Å². The SMILES string of the molecule is Cc1cc(N2C(=O)c3ccccc3C2=O)ccc1C(=O)OCC(=O)Nc1cnc2ccccc2c1. The summed E-state index contributed by atoms with van der Waals surface area (Å²) in [5, 5.41) is 3.53. The van der Waals surface area contributed by atoms with Crippen LogP contribution in [-0.2, 0) is 9.53 Å². The molecule has 1 aromatic heterocycles. The van der Waals surface area contributed by atoms with Gasteiger partial charge >= 0.3 is 5.97 Å². The second-order valence-electron chi connectivity index (χ2n) is 8.03. The fraction of sp³-hybridized carbons (Fsp3) is 0.0741. The van der Waals surface area contributed by atoms with Gasteiger partial charge in [0.25, 0.3) is 17.7 Å². The molecule has 0 atom stereocenters. The molecule has 35 heavy (non-hydrogen) atoms. The zero-order valence-corrected chi connectivity index (χ0v) is 18.6. The van der Waals surface area contributed by atoms with Crippen molar-refractivity contribution in [2.45, 2.75) is 6.92 Å². The number of para-hydroxylation sites is 1. The summed E-state index contributed by atoms with van der Waals surface area (Å²) in [5.74, 6) is -2.03. The molecule has 0 saturated carbocycles. The Bertz CT molecular complexity index is 1490. The van der Waals surface area contributed by atoms with E-state index >= 15 is 0 Å². The number of rotatable bonds is 5. The van der Waals surface area contributed by atoms with E-state index in [0.717, 1.165) is 15.8 Å². The van der Waals surface area contributed by atoms with Gasteiger partial charge in [-0.15, -0.1) is 0 Å². The summed E-state index contributed by atoms with van der Waals surface area (Å²) in [7, 11) is 0. The van der Waals surface area contributed by atoms with E-state index in [0.29, 0.717) is 28.1 Å². The standard InChI is InChI=1S/C27H19N3O5/c1-16-12-19(30-25(32)21-7-3-4-8-22(21)26(30)33)10-11-20(16)27(34)35-15-24(31)29-18-13-17-6-2-5-9-23(17)28-14-18/h2-14H,15H2,1H3,(H,29,31). The zero-order valence-electron chi connectivity index (χ0n) is 18.6. The topological polar surface area (TPSA) is 106 Å². The van der Waals surface area contributed by atoms with Gasteiger partial charge in [-0.1, -0.05) is 30.3 Å². The first kappa shape index (κ1) is 22.0. The van der Waals surface area contributed by atoms with Gasteiger partial charge in [-0.2, -0.15) is 0 Å². The smallest absolute Gasteiger partial charge is 0.338 e. The molecule has 0 aliphatic carbocycles. The summed E-state index contributed by atoms with van der Waals surface area (Å²) < 4.78 is 5.17. The molecule has 0 spiro atoms. The van der Waals surface area contributed by atoms with E-state index in [-0.39, 0.29) is 5.56 Å². The summed E-state index contributed by atoms with van der Waals surface area (Å²) in [4.78, 5) is 55.6. The Kier molecular flexibility index (Phi) is 5.54. The van der Waals surface area contributed by atoms with E-state index in [9.17, 15) is 19.2 Å². The number of nitrogens with one attached hydrogen (secondary N) is 1. The highest BCUT2D eigenvalue weighted by atomic mass is 16.5. The van der Waals surface area contributed by atoms with Crippen LogP contribution in [0.1, 0.15) is 36.6 Å². The predicted octanol–water partition coefficient (Wildman–Crippen LogP) is 4.14. The van der Waals surface area contributed by atoms with Crippen molar-refractivity contribution < 1.29 is 23.9 Å². The first-order valence-electron chi connectivity index (χ1n) is 10.8. The number of ether oxygens (including phenoxy) is 1. The number of aryl methyl sites for hydroxylation is 1. The number of carbonyl (C=O) groups excluding carboxylic acids is 4. The third-order valence-corrected chi connectivity index (χ3v) is 5.69. The minimum Gasteiger partial charge on any atom is -0.452 e. The number of benzene rings is 3. The number of hydrogen-bond donors (Lipinski definition) is 1. The number of nitrogens with zero attached hydrogens (tertiary/aromatic N) is 2. The van der Waals surface area contributed by atoms with Crippen LogP contribution in [0.3, 0.4) is 0 Å². The van der Waals surface area contributed by atoms with E-state index in [1.54, 1.807) is 43.3 Å². The van der Waals surface area contributed by atoms with Gasteiger partial charge in [-0.3, -0.25) is 19.4 Å². The van der Waals surface area contributed by atoms with Crippen molar-refractivity contribution in [1.29, 1.82) is 0 Å². The second-order valence-corrected chi connectivity index (χ2v) is 8.03. The third kappa shape index (κ3) is 4.13. The third-order valence-electron chi connectivity index (χ3n) is 5.69. The molecule has 3 aromatic carbocycles. The Morgan fingerprint density at radius 1 is 0.914 bits per heavy atom. The number of aromatic nitrogens is 1. The lowest BCUT2D eigenvalue weighted by atomic mass is 10.1. The molecule has 1 N–H and O–H groups in total. The minimum atomic E-state index is -0.691. The van der Waals surface area contributed by atoms with E-state index in [1.807, 2.05) is 24.3 Å². The van der Waals surface area contributed by atoms with Crippen molar-refractivity contribution in [2.24, 2.45) is 0 Å². The Morgan fingerprint density at radius 3 is 2.31 bits per heavy atom. The maximum atomic E-state index is 12.7. The highest BCUT2D eigenvalue weighted by molar-refractivity contribution is 6.34. The van der Waals surface area contributed by atoms with Crippen molar-refractivity contribution in [2.75, 3.05) is 16.8 Å². The number of anilines is 2. The Morgan fingerprint density at radius 2 is 1.60 bits per heavy atom. The molecule has 1 aliphatic heterocycles. The maximum Gasteiger partial charge on any atom is 0.338 e. The van der Waals surface area contributed by atoms with Gasteiger partial charge in [0.05, 0.1) is 39.8 Å². The van der Waals surface area contributed by atoms with Crippen LogP contribution in [0.15, 0.2) is 79.0 Å². The van der Waals surface area contributed by atoms with Crippen molar-refractivity contribution in [3.63, 3.8) is 0 Å². The van der Waals surface area contributed by atoms with E-state index in [4.69, 9.17) is 4.74 Å². The van der Waals surface area contributed by atoms with Crippen LogP contribution < -0.4 is 10.2 Å². The van der Waals surface area contributed by atoms with Crippen molar-refractivity contribution in [1.82, 2.24) is 4.98 Å². The lowest BCUT2D eigenvalue weighted by Gasteiger charge is -2.16. The Balaban J connectivity index is 1.24. The molecular weight excluding hydrogens is 446 g/mol. The van der Waals surface area contributed by atoms with E-state index in [2.05, 4.69) is 10.3 Å². The van der Waals surface area contributed by atoms with Gasteiger partial charge in [-0.25, -0.2) is 9.69 Å². The van der Waals surface area contributed by atoms with Gasteiger partial charge in [0.15, 0.2) is 6.61 Å². The van der Waals surface area contributed by atoms with Gasteiger partial charge in [0.2, 0.25) is 0 Å². The molecule has 8 heteroatoms. The zero-order chi connectivity index (χ0) is 24.5. The highest BCUT2D eigenvalue weighted by Crippen LogP contribution is 2.29. The number of pyridine rings is 1. The number of amides is 3. The molecule has 0 radical (unpaired) electrons. The molecule has 8 nitrogen and oxygen atoms in total. The first-order chi connectivity index (χ1) is 16.9. The van der Waals surface area contributed by atoms with E-state index < -0.39 is 30.3 Å². The van der Waals surface area contributed by atoms with Gasteiger partial charge in [0.1, 0.15) is 0 Å². The molecule has 0 bridgehead atoms. The van der Waals surface area contributed by atoms with E-state index in [1.165, 1.54) is 18.3 Å². The first-order valence-corrected chi connectivity index (χ1v) is 10.8. The van der Waals surface area contributed by atoms with Crippen molar-refractivity contribution in [3.05, 3.63) is 101 Å². The molecule has 1 aliphatic rings. The summed E-state index contributed by atoms with van der Waals surface area (Å²) in [5.41, 5.74) is 3.06. The summed E-state index contributed by atoms with van der Waals surface area (Å²) in [6.07, 6.45) is 1.53. The van der Waals surface area contributed by atoms with Crippen molar-refractivity contribution in [3.8, 4) is 0 Å². The minimum absolute atomic E-state index is 0.227. The lowest BCUT2D eigenvalue weighted by molar-refractivity contribution is -0.119. The fourth-order valence-corrected chi connectivity index (χ4v) is 3.99. The number of imide groups is 1.